The number of nitrogens with zero attached hydrogens (tertiary/aromatic N) is 1. The lowest BCUT2D eigenvalue weighted by molar-refractivity contribution is -0.128. The number of ether oxygens (including phenoxy) is 2. The van der Waals surface area contributed by atoms with Gasteiger partial charge < -0.3 is 19.7 Å². The van der Waals surface area contributed by atoms with Crippen molar-refractivity contribution in [2.24, 2.45) is 5.92 Å². The molecule has 19 heavy (non-hydrogen) atoms. The number of fused-ring (bicyclic) bond motifs is 1. The fourth-order valence-electron chi connectivity index (χ4n) is 3.57. The number of carbonyl (C=O) groups is 1. The van der Waals surface area contributed by atoms with E-state index in [1.165, 1.54) is 0 Å². The maximum atomic E-state index is 12.2. The van der Waals surface area contributed by atoms with Crippen LogP contribution in [0.15, 0.2) is 0 Å². The van der Waals surface area contributed by atoms with Gasteiger partial charge >= 0.3 is 6.09 Å². The summed E-state index contributed by atoms with van der Waals surface area (Å²) in [6, 6.07) is 0. The zero-order chi connectivity index (χ0) is 13.7. The number of amides is 1. The zero-order valence-corrected chi connectivity index (χ0v) is 12.1. The van der Waals surface area contributed by atoms with Crippen molar-refractivity contribution in [1.29, 1.82) is 0 Å². The van der Waals surface area contributed by atoms with E-state index in [9.17, 15) is 4.79 Å². The van der Waals surface area contributed by atoms with E-state index in [1.54, 1.807) is 0 Å². The molecule has 0 radical (unpaired) electrons. The van der Waals surface area contributed by atoms with Gasteiger partial charge in [0.2, 0.25) is 0 Å². The first-order valence-electron chi connectivity index (χ1n) is 7.24. The molecule has 3 saturated heterocycles. The highest BCUT2D eigenvalue weighted by Gasteiger charge is 2.55. The van der Waals surface area contributed by atoms with Crippen LogP contribution in [0.25, 0.3) is 0 Å². The smallest absolute Gasteiger partial charge is 0.410 e. The number of morpholine rings is 1. The van der Waals surface area contributed by atoms with Crippen molar-refractivity contribution in [2.45, 2.75) is 50.9 Å². The monoisotopic (exact) mass is 268 g/mol. The summed E-state index contributed by atoms with van der Waals surface area (Å²) in [7, 11) is 0. The largest absolute Gasteiger partial charge is 0.444 e. The quantitative estimate of drug-likeness (QED) is 0.721. The Hall–Kier alpha value is -0.810. The standard InChI is InChI=1S/C14H24N2O3/c1-13(2,3)19-12(17)16-8-11-6-10-7-15-5-4-14(10,9-16)18-11/h10-11,15H,4-9H2,1-3H3/t10-,11+,14-/m0/s1. The molecule has 0 aromatic heterocycles. The molecule has 0 aliphatic carbocycles. The molecule has 3 aliphatic rings. The summed E-state index contributed by atoms with van der Waals surface area (Å²) in [6.07, 6.45) is 2.05. The third-order valence-corrected chi connectivity index (χ3v) is 4.34. The van der Waals surface area contributed by atoms with Crippen LogP contribution in [0.4, 0.5) is 4.79 Å². The lowest BCUT2D eigenvalue weighted by Crippen LogP contribution is -2.59. The predicted octanol–water partition coefficient (Wildman–Crippen LogP) is 1.37. The van der Waals surface area contributed by atoms with Gasteiger partial charge in [-0.25, -0.2) is 4.79 Å². The van der Waals surface area contributed by atoms with Crippen LogP contribution in [0.1, 0.15) is 33.6 Å². The number of hydrogen-bond donors (Lipinski definition) is 1. The normalized spacial score (nSPS) is 37.9. The van der Waals surface area contributed by atoms with Crippen molar-refractivity contribution >= 4 is 6.09 Å². The van der Waals surface area contributed by atoms with Crippen molar-refractivity contribution in [3.63, 3.8) is 0 Å². The fourth-order valence-corrected chi connectivity index (χ4v) is 3.57. The minimum Gasteiger partial charge on any atom is -0.444 e. The summed E-state index contributed by atoms with van der Waals surface area (Å²) >= 11 is 0. The van der Waals surface area contributed by atoms with Crippen molar-refractivity contribution in [3.8, 4) is 0 Å². The highest BCUT2D eigenvalue weighted by Crippen LogP contribution is 2.44. The van der Waals surface area contributed by atoms with Gasteiger partial charge in [0.1, 0.15) is 5.60 Å². The minimum atomic E-state index is -0.431. The van der Waals surface area contributed by atoms with E-state index >= 15 is 0 Å². The highest BCUT2D eigenvalue weighted by atomic mass is 16.6. The van der Waals surface area contributed by atoms with E-state index in [0.717, 1.165) is 25.9 Å². The summed E-state index contributed by atoms with van der Waals surface area (Å²) in [5, 5.41) is 3.43. The summed E-state index contributed by atoms with van der Waals surface area (Å²) in [5.74, 6) is 0.540. The number of carbonyl (C=O) groups excluding carboxylic acids is 1. The third-order valence-electron chi connectivity index (χ3n) is 4.34. The molecule has 108 valence electrons. The van der Waals surface area contributed by atoms with Crippen LogP contribution in [0, 0.1) is 5.92 Å². The van der Waals surface area contributed by atoms with E-state index in [4.69, 9.17) is 9.47 Å². The lowest BCUT2D eigenvalue weighted by atomic mass is 9.82. The Morgan fingerprint density at radius 3 is 3.00 bits per heavy atom. The lowest BCUT2D eigenvalue weighted by Gasteiger charge is -2.44. The molecule has 3 heterocycles. The SMILES string of the molecule is CC(C)(C)OC(=O)N1C[C@H]2C[C@H]3CNCC[C@@]3(C1)O2. The molecule has 1 spiro atoms. The average Bonchev–Trinajstić information content (AvgIpc) is 2.56. The predicted molar refractivity (Wildman–Crippen MR) is 71.0 cm³/mol. The minimum absolute atomic E-state index is 0.120. The van der Waals surface area contributed by atoms with E-state index < -0.39 is 5.60 Å². The Bertz CT molecular complexity index is 379. The van der Waals surface area contributed by atoms with Gasteiger partial charge in [0.25, 0.3) is 0 Å². The Morgan fingerprint density at radius 2 is 2.26 bits per heavy atom. The first-order chi connectivity index (χ1) is 8.88. The van der Waals surface area contributed by atoms with Crippen LogP contribution in [-0.4, -0.2) is 54.5 Å². The molecule has 5 nitrogen and oxygen atoms in total. The summed E-state index contributed by atoms with van der Waals surface area (Å²) in [5.41, 5.74) is -0.551. The van der Waals surface area contributed by atoms with Gasteiger partial charge in [0.15, 0.2) is 0 Å². The van der Waals surface area contributed by atoms with Crippen molar-refractivity contribution < 1.29 is 14.3 Å². The van der Waals surface area contributed by atoms with E-state index in [0.29, 0.717) is 19.0 Å². The van der Waals surface area contributed by atoms with Gasteiger partial charge in [-0.05, 0) is 40.2 Å². The summed E-state index contributed by atoms with van der Waals surface area (Å²) in [4.78, 5) is 14.1. The Morgan fingerprint density at radius 1 is 1.47 bits per heavy atom. The maximum Gasteiger partial charge on any atom is 0.410 e. The molecule has 2 bridgehead atoms. The van der Waals surface area contributed by atoms with Crippen LogP contribution in [0.2, 0.25) is 0 Å². The van der Waals surface area contributed by atoms with Crippen LogP contribution in [0.5, 0.6) is 0 Å². The van der Waals surface area contributed by atoms with Gasteiger partial charge in [0.05, 0.1) is 24.8 Å². The molecular weight excluding hydrogens is 244 g/mol. The Labute approximate surface area is 114 Å². The van der Waals surface area contributed by atoms with Crippen LogP contribution >= 0.6 is 0 Å². The fraction of sp³-hybridized carbons (Fsp3) is 0.929. The van der Waals surface area contributed by atoms with Crippen molar-refractivity contribution in [2.75, 3.05) is 26.2 Å². The number of nitrogens with one attached hydrogen (secondary N) is 1. The molecule has 1 N–H and O–H groups in total. The number of hydrogen-bond acceptors (Lipinski definition) is 4. The van der Waals surface area contributed by atoms with Gasteiger partial charge in [-0.2, -0.15) is 0 Å². The second-order valence-corrected chi connectivity index (χ2v) is 7.05. The molecule has 0 unspecified atom stereocenters. The van der Waals surface area contributed by atoms with Crippen molar-refractivity contribution in [1.82, 2.24) is 10.2 Å². The Balaban J connectivity index is 1.72. The molecule has 0 saturated carbocycles. The number of likely N-dealkylation sites (tertiary alicyclic amines) is 1. The van der Waals surface area contributed by atoms with E-state index in [2.05, 4.69) is 5.32 Å². The molecule has 3 aliphatic heterocycles. The molecular formula is C14H24N2O3. The molecule has 3 rings (SSSR count). The van der Waals surface area contributed by atoms with Crippen molar-refractivity contribution in [3.05, 3.63) is 0 Å². The van der Waals surface area contributed by atoms with E-state index in [1.807, 2.05) is 25.7 Å². The first-order valence-corrected chi connectivity index (χ1v) is 7.24. The average molecular weight is 268 g/mol. The Kier molecular flexibility index (Phi) is 3.02. The van der Waals surface area contributed by atoms with Crippen LogP contribution < -0.4 is 5.32 Å². The number of rotatable bonds is 0. The zero-order valence-electron chi connectivity index (χ0n) is 12.1. The molecule has 1 amide bonds. The van der Waals surface area contributed by atoms with E-state index in [-0.39, 0.29) is 17.8 Å². The topological polar surface area (TPSA) is 50.8 Å². The number of piperidine rings is 1. The van der Waals surface area contributed by atoms with Gasteiger partial charge in [-0.1, -0.05) is 0 Å². The van der Waals surface area contributed by atoms with Gasteiger partial charge in [0, 0.05) is 12.5 Å². The van der Waals surface area contributed by atoms with Crippen LogP contribution in [0.3, 0.4) is 0 Å². The molecule has 5 heteroatoms. The second-order valence-electron chi connectivity index (χ2n) is 7.05. The second kappa shape index (κ2) is 4.35. The highest BCUT2D eigenvalue weighted by molar-refractivity contribution is 5.68. The first kappa shape index (κ1) is 13.2. The molecule has 0 aromatic rings. The molecule has 3 atom stereocenters. The van der Waals surface area contributed by atoms with Gasteiger partial charge in [-0.3, -0.25) is 0 Å². The third kappa shape index (κ3) is 2.46. The molecule has 0 aromatic carbocycles. The van der Waals surface area contributed by atoms with Gasteiger partial charge in [-0.15, -0.1) is 0 Å². The maximum absolute atomic E-state index is 12.2. The molecule has 3 fully saturated rings. The summed E-state index contributed by atoms with van der Waals surface area (Å²) in [6.45, 7) is 9.07. The summed E-state index contributed by atoms with van der Waals surface area (Å²) < 4.78 is 11.7. The van der Waals surface area contributed by atoms with Crippen LogP contribution in [-0.2, 0) is 9.47 Å².